The van der Waals surface area contributed by atoms with Crippen molar-refractivity contribution in [3.05, 3.63) is 28.3 Å². The van der Waals surface area contributed by atoms with Crippen LogP contribution in [0.3, 0.4) is 0 Å². The van der Waals surface area contributed by atoms with Gasteiger partial charge in [-0.2, -0.15) is 0 Å². The van der Waals surface area contributed by atoms with Crippen molar-refractivity contribution in [1.82, 2.24) is 5.32 Å². The van der Waals surface area contributed by atoms with Crippen molar-refractivity contribution in [2.24, 2.45) is 0 Å². The van der Waals surface area contributed by atoms with Crippen molar-refractivity contribution >= 4 is 11.6 Å². The summed E-state index contributed by atoms with van der Waals surface area (Å²) < 4.78 is 5.33. The average Bonchev–Trinajstić information content (AvgIpc) is 2.75. The van der Waals surface area contributed by atoms with Gasteiger partial charge in [0.25, 0.3) is 0 Å². The fraction of sp³-hybridized carbons (Fsp3) is 0.538. The Hall–Kier alpha value is -0.730. The van der Waals surface area contributed by atoms with Gasteiger partial charge in [0.05, 0.1) is 7.11 Å². The Labute approximate surface area is 102 Å². The zero-order valence-electron chi connectivity index (χ0n) is 9.85. The van der Waals surface area contributed by atoms with Gasteiger partial charge < -0.3 is 10.1 Å². The van der Waals surface area contributed by atoms with E-state index in [-0.39, 0.29) is 0 Å². The van der Waals surface area contributed by atoms with Crippen LogP contribution in [0.4, 0.5) is 0 Å². The lowest BCUT2D eigenvalue weighted by Gasteiger charge is -2.15. The van der Waals surface area contributed by atoms with E-state index in [4.69, 9.17) is 16.3 Å². The fourth-order valence-electron chi connectivity index (χ4n) is 2.33. The lowest BCUT2D eigenvalue weighted by molar-refractivity contribution is 0.410. The molecule has 88 valence electrons. The average molecular weight is 240 g/mol. The van der Waals surface area contributed by atoms with Crippen LogP contribution in [0.15, 0.2) is 12.1 Å². The molecule has 1 aromatic carbocycles. The summed E-state index contributed by atoms with van der Waals surface area (Å²) in [6, 6.07) is 4.53. The molecule has 1 aromatic rings. The molecular formula is C13H18ClNO. The minimum atomic E-state index is 0.599. The molecule has 1 aliphatic rings. The Bertz CT molecular complexity index is 372. The van der Waals surface area contributed by atoms with E-state index in [2.05, 4.69) is 18.3 Å². The van der Waals surface area contributed by atoms with E-state index in [0.717, 1.165) is 23.7 Å². The topological polar surface area (TPSA) is 21.3 Å². The molecule has 2 rings (SSSR count). The summed E-state index contributed by atoms with van der Waals surface area (Å²) in [5.41, 5.74) is 2.50. The second-order valence-corrected chi connectivity index (χ2v) is 4.83. The predicted molar refractivity (Wildman–Crippen MR) is 67.5 cm³/mol. The molecule has 0 saturated carbocycles. The number of hydrogen-bond donors (Lipinski definition) is 1. The standard InChI is InChI=1S/C13H18ClNO/c1-9-10(7-12-4-3-5-15-12)6-11(14)8-13(9)16-2/h6,8,12,15H,3-5,7H2,1-2H3. The molecule has 0 spiro atoms. The maximum absolute atomic E-state index is 6.09. The molecule has 0 bridgehead atoms. The van der Waals surface area contributed by atoms with Crippen molar-refractivity contribution < 1.29 is 4.74 Å². The number of benzene rings is 1. The molecule has 16 heavy (non-hydrogen) atoms. The molecule has 1 heterocycles. The molecule has 2 nitrogen and oxygen atoms in total. The summed E-state index contributed by atoms with van der Waals surface area (Å²) in [4.78, 5) is 0. The Morgan fingerprint density at radius 1 is 1.50 bits per heavy atom. The monoisotopic (exact) mass is 239 g/mol. The number of ether oxygens (including phenoxy) is 1. The number of rotatable bonds is 3. The zero-order chi connectivity index (χ0) is 11.5. The molecule has 3 heteroatoms. The van der Waals surface area contributed by atoms with E-state index in [1.807, 2.05) is 6.07 Å². The van der Waals surface area contributed by atoms with Crippen LogP contribution in [0.1, 0.15) is 24.0 Å². The molecule has 1 atom stereocenters. The number of nitrogens with one attached hydrogen (secondary N) is 1. The van der Waals surface area contributed by atoms with Gasteiger partial charge in [-0.25, -0.2) is 0 Å². The Morgan fingerprint density at radius 2 is 2.31 bits per heavy atom. The van der Waals surface area contributed by atoms with E-state index in [1.165, 1.54) is 24.0 Å². The second-order valence-electron chi connectivity index (χ2n) is 4.39. The van der Waals surface area contributed by atoms with Crippen molar-refractivity contribution in [3.63, 3.8) is 0 Å². The lowest BCUT2D eigenvalue weighted by Crippen LogP contribution is -2.24. The number of hydrogen-bond acceptors (Lipinski definition) is 2. The Balaban J connectivity index is 2.21. The summed E-state index contributed by atoms with van der Waals surface area (Å²) in [5, 5.41) is 4.27. The molecule has 0 aliphatic carbocycles. The molecule has 1 N–H and O–H groups in total. The minimum Gasteiger partial charge on any atom is -0.496 e. The number of halogens is 1. The first-order valence-corrected chi connectivity index (χ1v) is 6.15. The molecule has 1 saturated heterocycles. The zero-order valence-corrected chi connectivity index (χ0v) is 10.6. The molecule has 0 radical (unpaired) electrons. The predicted octanol–water partition coefficient (Wildman–Crippen LogP) is 2.95. The minimum absolute atomic E-state index is 0.599. The van der Waals surface area contributed by atoms with E-state index >= 15 is 0 Å². The van der Waals surface area contributed by atoms with Gasteiger partial charge in [0.15, 0.2) is 0 Å². The SMILES string of the molecule is COc1cc(Cl)cc(CC2CCCN2)c1C. The summed E-state index contributed by atoms with van der Waals surface area (Å²) >= 11 is 6.09. The third kappa shape index (κ3) is 2.50. The van der Waals surface area contributed by atoms with Gasteiger partial charge >= 0.3 is 0 Å². The van der Waals surface area contributed by atoms with Gasteiger partial charge in [-0.05, 0) is 56.0 Å². The van der Waals surface area contributed by atoms with Gasteiger partial charge in [0.2, 0.25) is 0 Å². The second kappa shape index (κ2) is 5.07. The summed E-state index contributed by atoms with van der Waals surface area (Å²) in [5.74, 6) is 0.889. The van der Waals surface area contributed by atoms with Crippen molar-refractivity contribution in [2.75, 3.05) is 13.7 Å². The molecule has 1 fully saturated rings. The van der Waals surface area contributed by atoms with Crippen LogP contribution in [0.25, 0.3) is 0 Å². The van der Waals surface area contributed by atoms with Gasteiger partial charge in [-0.3, -0.25) is 0 Å². The van der Waals surface area contributed by atoms with E-state index in [1.54, 1.807) is 7.11 Å². The fourth-order valence-corrected chi connectivity index (χ4v) is 2.56. The maximum atomic E-state index is 6.09. The Kier molecular flexibility index (Phi) is 3.72. The quantitative estimate of drug-likeness (QED) is 0.876. The smallest absolute Gasteiger partial charge is 0.123 e. The molecule has 1 aliphatic heterocycles. The molecule has 0 amide bonds. The van der Waals surface area contributed by atoms with Gasteiger partial charge in [0, 0.05) is 11.1 Å². The summed E-state index contributed by atoms with van der Waals surface area (Å²) in [6.07, 6.45) is 3.58. The molecule has 0 aromatic heterocycles. The summed E-state index contributed by atoms with van der Waals surface area (Å²) in [6.45, 7) is 3.24. The van der Waals surface area contributed by atoms with Gasteiger partial charge in [-0.15, -0.1) is 0 Å². The van der Waals surface area contributed by atoms with Crippen LogP contribution in [0.2, 0.25) is 5.02 Å². The highest BCUT2D eigenvalue weighted by Crippen LogP contribution is 2.28. The highest BCUT2D eigenvalue weighted by atomic mass is 35.5. The lowest BCUT2D eigenvalue weighted by atomic mass is 9.99. The first kappa shape index (κ1) is 11.7. The van der Waals surface area contributed by atoms with Crippen LogP contribution in [-0.4, -0.2) is 19.7 Å². The van der Waals surface area contributed by atoms with Crippen LogP contribution < -0.4 is 10.1 Å². The molecule has 1 unspecified atom stereocenters. The normalized spacial score (nSPS) is 20.1. The van der Waals surface area contributed by atoms with Crippen LogP contribution >= 0.6 is 11.6 Å². The van der Waals surface area contributed by atoms with Crippen LogP contribution in [0, 0.1) is 6.92 Å². The Morgan fingerprint density at radius 3 is 2.94 bits per heavy atom. The first-order valence-electron chi connectivity index (χ1n) is 5.77. The van der Waals surface area contributed by atoms with Gasteiger partial charge in [0.1, 0.15) is 5.75 Å². The van der Waals surface area contributed by atoms with Crippen molar-refractivity contribution in [1.29, 1.82) is 0 Å². The maximum Gasteiger partial charge on any atom is 0.123 e. The van der Waals surface area contributed by atoms with E-state index in [0.29, 0.717) is 6.04 Å². The van der Waals surface area contributed by atoms with Crippen molar-refractivity contribution in [3.8, 4) is 5.75 Å². The largest absolute Gasteiger partial charge is 0.496 e. The third-order valence-corrected chi connectivity index (χ3v) is 3.50. The van der Waals surface area contributed by atoms with Crippen molar-refractivity contribution in [2.45, 2.75) is 32.2 Å². The summed E-state index contributed by atoms with van der Waals surface area (Å²) in [7, 11) is 1.69. The highest BCUT2D eigenvalue weighted by Gasteiger charge is 2.17. The van der Waals surface area contributed by atoms with E-state index in [9.17, 15) is 0 Å². The van der Waals surface area contributed by atoms with Gasteiger partial charge in [-0.1, -0.05) is 11.6 Å². The van der Waals surface area contributed by atoms with Crippen LogP contribution in [-0.2, 0) is 6.42 Å². The third-order valence-electron chi connectivity index (χ3n) is 3.28. The highest BCUT2D eigenvalue weighted by molar-refractivity contribution is 6.30. The first-order chi connectivity index (χ1) is 7.70. The van der Waals surface area contributed by atoms with E-state index < -0.39 is 0 Å². The van der Waals surface area contributed by atoms with Crippen LogP contribution in [0.5, 0.6) is 5.75 Å². The molecular weight excluding hydrogens is 222 g/mol. The number of methoxy groups -OCH3 is 1.